The average Bonchev–Trinajstić information content (AvgIpc) is 3.15. The number of sulfone groups is 1. The molecule has 3 saturated carbocycles. The number of aliphatic hydroxyl groups is 2. The monoisotopic (exact) mass is 500 g/mol. The zero-order valence-corrected chi connectivity index (χ0v) is 22.5. The van der Waals surface area contributed by atoms with E-state index in [0.717, 1.165) is 32.1 Å². The van der Waals surface area contributed by atoms with Gasteiger partial charge >= 0.3 is 0 Å². The maximum atomic E-state index is 13.6. The van der Waals surface area contributed by atoms with Crippen molar-refractivity contribution in [3.63, 3.8) is 0 Å². The predicted octanol–water partition coefficient (Wildman–Crippen LogP) is 5.93. The van der Waals surface area contributed by atoms with Crippen molar-refractivity contribution in [2.45, 2.75) is 107 Å². The molecule has 194 valence electrons. The van der Waals surface area contributed by atoms with Crippen LogP contribution in [0.15, 0.2) is 46.9 Å². The molecule has 1 aromatic rings. The van der Waals surface area contributed by atoms with Gasteiger partial charge in [0, 0.05) is 0 Å². The van der Waals surface area contributed by atoms with Crippen molar-refractivity contribution in [3.8, 4) is 0 Å². The van der Waals surface area contributed by atoms with E-state index in [1.807, 2.05) is 6.07 Å². The minimum atomic E-state index is -3.50. The van der Waals surface area contributed by atoms with Crippen LogP contribution in [0.4, 0.5) is 0 Å². The first kappa shape index (κ1) is 25.5. The molecule has 8 unspecified atom stereocenters. The van der Waals surface area contributed by atoms with Crippen molar-refractivity contribution >= 4 is 9.84 Å². The minimum absolute atomic E-state index is 0.167. The Morgan fingerprint density at radius 2 is 1.77 bits per heavy atom. The molecule has 1 aromatic carbocycles. The van der Waals surface area contributed by atoms with Crippen LogP contribution in [0.25, 0.3) is 0 Å². The first-order chi connectivity index (χ1) is 16.6. The van der Waals surface area contributed by atoms with Crippen LogP contribution in [0.5, 0.6) is 0 Å². The van der Waals surface area contributed by atoms with E-state index in [2.05, 4.69) is 19.9 Å². The lowest BCUT2D eigenvalue weighted by atomic mass is 9.47. The fourth-order valence-electron chi connectivity index (χ4n) is 8.99. The maximum Gasteiger partial charge on any atom is 0.181 e. The van der Waals surface area contributed by atoms with Crippen LogP contribution in [-0.4, -0.2) is 36.1 Å². The summed E-state index contributed by atoms with van der Waals surface area (Å²) in [4.78, 5) is 0.381. The fourth-order valence-corrected chi connectivity index (χ4v) is 10.9. The van der Waals surface area contributed by atoms with Crippen molar-refractivity contribution in [1.29, 1.82) is 0 Å². The van der Waals surface area contributed by atoms with Gasteiger partial charge < -0.3 is 10.2 Å². The van der Waals surface area contributed by atoms with E-state index in [0.29, 0.717) is 41.4 Å². The standard InChI is InChI=1S/C30H44O4S/c1-20(31)17-25(35(33,34)24-7-5-4-6-8-24)19-22-10-12-27-26-11-9-21-18-23(32)13-15-29(21,2)28(26)14-16-30(22,27)3/h4-9,20,22-23,25-28,31-32H,10-19H2,1-3H3/t20?,22?,23?,25?,26?,27?,28?,29-,30?/m0/s1. The van der Waals surface area contributed by atoms with Gasteiger partial charge in [0.15, 0.2) is 9.84 Å². The van der Waals surface area contributed by atoms with Crippen molar-refractivity contribution in [1.82, 2.24) is 0 Å². The van der Waals surface area contributed by atoms with Crippen molar-refractivity contribution in [2.75, 3.05) is 0 Å². The van der Waals surface area contributed by atoms with Gasteiger partial charge in [-0.25, -0.2) is 8.42 Å². The second-order valence-electron chi connectivity index (χ2n) is 12.8. The van der Waals surface area contributed by atoms with Crippen LogP contribution in [-0.2, 0) is 9.84 Å². The Bertz CT molecular complexity index is 1050. The summed E-state index contributed by atoms with van der Waals surface area (Å²) in [6.45, 7) is 6.62. The number of fused-ring (bicyclic) bond motifs is 5. The van der Waals surface area contributed by atoms with E-state index in [4.69, 9.17) is 0 Å². The molecule has 4 nitrogen and oxygen atoms in total. The number of aliphatic hydroxyl groups excluding tert-OH is 2. The van der Waals surface area contributed by atoms with Crippen molar-refractivity contribution in [2.24, 2.45) is 34.5 Å². The summed E-state index contributed by atoms with van der Waals surface area (Å²) >= 11 is 0. The molecule has 0 spiro atoms. The zero-order chi connectivity index (χ0) is 25.0. The molecule has 0 heterocycles. The van der Waals surface area contributed by atoms with Crippen molar-refractivity contribution in [3.05, 3.63) is 42.0 Å². The van der Waals surface area contributed by atoms with Gasteiger partial charge in [-0.05, 0) is 118 Å². The van der Waals surface area contributed by atoms with E-state index < -0.39 is 21.2 Å². The van der Waals surface area contributed by atoms with Gasteiger partial charge in [-0.2, -0.15) is 0 Å². The molecule has 0 saturated heterocycles. The first-order valence-corrected chi connectivity index (χ1v) is 15.4. The summed E-state index contributed by atoms with van der Waals surface area (Å²) in [6.07, 6.45) is 11.3. The molecule has 0 amide bonds. The quantitative estimate of drug-likeness (QED) is 0.475. The van der Waals surface area contributed by atoms with E-state index >= 15 is 0 Å². The lowest BCUT2D eigenvalue weighted by Gasteiger charge is -2.58. The SMILES string of the molecule is CC(O)CC(CC1CCC2C3CC=C4CC(O)CC[C@]4(C)C3CCC12C)S(=O)(=O)c1ccccc1. The molecule has 0 bridgehead atoms. The summed E-state index contributed by atoms with van der Waals surface area (Å²) < 4.78 is 27.3. The van der Waals surface area contributed by atoms with Crippen LogP contribution in [0, 0.1) is 34.5 Å². The third-order valence-corrected chi connectivity index (χ3v) is 13.1. The molecule has 4 aliphatic rings. The predicted molar refractivity (Wildman–Crippen MR) is 140 cm³/mol. The van der Waals surface area contributed by atoms with Gasteiger partial charge in [0.05, 0.1) is 22.4 Å². The van der Waals surface area contributed by atoms with Crippen LogP contribution in [0.1, 0.15) is 85.0 Å². The Morgan fingerprint density at radius 3 is 2.49 bits per heavy atom. The molecule has 0 radical (unpaired) electrons. The van der Waals surface area contributed by atoms with Gasteiger partial charge in [-0.1, -0.05) is 43.7 Å². The summed E-state index contributed by atoms with van der Waals surface area (Å²) in [7, 11) is -3.50. The van der Waals surface area contributed by atoms with Gasteiger partial charge in [-0.15, -0.1) is 0 Å². The van der Waals surface area contributed by atoms with Gasteiger partial charge in [0.25, 0.3) is 0 Å². The second kappa shape index (κ2) is 9.29. The zero-order valence-electron chi connectivity index (χ0n) is 21.7. The molecule has 5 heteroatoms. The second-order valence-corrected chi connectivity index (χ2v) is 15.0. The Labute approximate surface area is 212 Å². The number of allylic oxidation sites excluding steroid dienone is 1. The molecule has 0 aromatic heterocycles. The Morgan fingerprint density at radius 1 is 1.03 bits per heavy atom. The molecule has 3 fully saturated rings. The molecule has 9 atom stereocenters. The van der Waals surface area contributed by atoms with Crippen LogP contribution in [0.3, 0.4) is 0 Å². The van der Waals surface area contributed by atoms with Crippen molar-refractivity contribution < 1.29 is 18.6 Å². The minimum Gasteiger partial charge on any atom is -0.393 e. The molecule has 4 aliphatic carbocycles. The highest BCUT2D eigenvalue weighted by molar-refractivity contribution is 7.92. The number of rotatable bonds is 6. The normalized spacial score (nSPS) is 40.7. The average molecular weight is 501 g/mol. The highest BCUT2D eigenvalue weighted by Gasteiger charge is 2.58. The van der Waals surface area contributed by atoms with E-state index in [1.165, 1.54) is 24.8 Å². The van der Waals surface area contributed by atoms with E-state index in [-0.39, 0.29) is 16.9 Å². The van der Waals surface area contributed by atoms with E-state index in [1.54, 1.807) is 31.2 Å². The summed E-state index contributed by atoms with van der Waals surface area (Å²) in [5.74, 6) is 2.37. The number of hydrogen-bond donors (Lipinski definition) is 2. The van der Waals surface area contributed by atoms with E-state index in [9.17, 15) is 18.6 Å². The lowest BCUT2D eigenvalue weighted by molar-refractivity contribution is -0.0509. The largest absolute Gasteiger partial charge is 0.393 e. The molecule has 0 aliphatic heterocycles. The Hall–Kier alpha value is -1.17. The Kier molecular flexibility index (Phi) is 6.76. The molecule has 35 heavy (non-hydrogen) atoms. The van der Waals surface area contributed by atoms with Gasteiger partial charge in [0.2, 0.25) is 0 Å². The summed E-state index contributed by atoms with van der Waals surface area (Å²) in [6, 6.07) is 8.82. The summed E-state index contributed by atoms with van der Waals surface area (Å²) in [5, 5.41) is 20.0. The third kappa shape index (κ3) is 4.34. The van der Waals surface area contributed by atoms with Crippen LogP contribution < -0.4 is 0 Å². The maximum absolute atomic E-state index is 13.6. The Balaban J connectivity index is 1.39. The highest BCUT2D eigenvalue weighted by atomic mass is 32.2. The molecular weight excluding hydrogens is 456 g/mol. The molecule has 2 N–H and O–H groups in total. The number of hydrogen-bond acceptors (Lipinski definition) is 4. The smallest absolute Gasteiger partial charge is 0.181 e. The first-order valence-electron chi connectivity index (χ1n) is 13.9. The topological polar surface area (TPSA) is 74.6 Å². The highest BCUT2D eigenvalue weighted by Crippen LogP contribution is 2.67. The summed E-state index contributed by atoms with van der Waals surface area (Å²) in [5.41, 5.74) is 1.90. The molecule has 5 rings (SSSR count). The lowest BCUT2D eigenvalue weighted by Crippen LogP contribution is -2.50. The third-order valence-electron chi connectivity index (χ3n) is 10.9. The van der Waals surface area contributed by atoms with Gasteiger partial charge in [-0.3, -0.25) is 0 Å². The molecular formula is C30H44O4S. The van der Waals surface area contributed by atoms with Gasteiger partial charge in [0.1, 0.15) is 0 Å². The fraction of sp³-hybridized carbons (Fsp3) is 0.733. The number of benzene rings is 1. The van der Waals surface area contributed by atoms with Crippen LogP contribution >= 0.6 is 0 Å². The van der Waals surface area contributed by atoms with Crippen LogP contribution in [0.2, 0.25) is 0 Å².